The molecule has 0 aromatic heterocycles. The fourth-order valence-corrected chi connectivity index (χ4v) is 1.45. The molecule has 0 heterocycles. The van der Waals surface area contributed by atoms with Gasteiger partial charge in [-0.15, -0.1) is 0 Å². The number of hydrogen-bond acceptors (Lipinski definition) is 4. The molecule has 1 aromatic carbocycles. The van der Waals surface area contributed by atoms with Gasteiger partial charge in [0.25, 0.3) is 0 Å². The number of phenols is 1. The van der Waals surface area contributed by atoms with Crippen LogP contribution in [0.4, 0.5) is 0 Å². The van der Waals surface area contributed by atoms with Crippen molar-refractivity contribution in [2.75, 3.05) is 6.61 Å². The molecule has 0 spiro atoms. The summed E-state index contributed by atoms with van der Waals surface area (Å²) in [4.78, 5) is 22.8. The first kappa shape index (κ1) is 12.2. The number of carbonyl (C=O) groups excluding carboxylic acids is 2. The molecule has 86 valence electrons. The van der Waals surface area contributed by atoms with Gasteiger partial charge in [-0.2, -0.15) is 0 Å². The maximum Gasteiger partial charge on any atom is 0.313 e. The highest BCUT2D eigenvalue weighted by molar-refractivity contribution is 6.08. The predicted octanol–water partition coefficient (Wildman–Crippen LogP) is 1.84. The molecular weight excluding hydrogens is 208 g/mol. The fourth-order valence-electron chi connectivity index (χ4n) is 1.45. The molecule has 16 heavy (non-hydrogen) atoms. The average molecular weight is 222 g/mol. The average Bonchev–Trinajstić information content (AvgIpc) is 2.17. The molecule has 0 saturated heterocycles. The van der Waals surface area contributed by atoms with Gasteiger partial charge in [-0.1, -0.05) is 12.1 Å². The van der Waals surface area contributed by atoms with Crippen molar-refractivity contribution >= 4 is 11.8 Å². The van der Waals surface area contributed by atoms with E-state index in [-0.39, 0.29) is 24.3 Å². The van der Waals surface area contributed by atoms with Crippen molar-refractivity contribution in [3.63, 3.8) is 0 Å². The molecule has 0 bridgehead atoms. The normalized spacial score (nSPS) is 9.88. The number of hydrogen-bond donors (Lipinski definition) is 1. The second kappa shape index (κ2) is 5.30. The number of ketones is 1. The van der Waals surface area contributed by atoms with Gasteiger partial charge in [0.05, 0.1) is 12.2 Å². The third-order valence-corrected chi connectivity index (χ3v) is 2.14. The molecule has 0 radical (unpaired) electrons. The lowest BCUT2D eigenvalue weighted by Gasteiger charge is -2.06. The monoisotopic (exact) mass is 222 g/mol. The van der Waals surface area contributed by atoms with Crippen LogP contribution in [0.1, 0.15) is 29.3 Å². The van der Waals surface area contributed by atoms with Crippen LogP contribution in [0.15, 0.2) is 18.2 Å². The summed E-state index contributed by atoms with van der Waals surface area (Å²) in [6.45, 7) is 3.62. The van der Waals surface area contributed by atoms with E-state index in [4.69, 9.17) is 0 Å². The van der Waals surface area contributed by atoms with Crippen LogP contribution in [-0.2, 0) is 9.53 Å². The number of phenolic OH excluding ortho intramolecular Hbond substituents is 1. The first-order valence-electron chi connectivity index (χ1n) is 5.03. The first-order chi connectivity index (χ1) is 7.56. The second-order valence-corrected chi connectivity index (χ2v) is 3.37. The van der Waals surface area contributed by atoms with Crippen molar-refractivity contribution in [1.82, 2.24) is 0 Å². The van der Waals surface area contributed by atoms with E-state index in [0.29, 0.717) is 5.56 Å². The highest BCUT2D eigenvalue weighted by Crippen LogP contribution is 2.22. The zero-order valence-corrected chi connectivity index (χ0v) is 9.32. The van der Waals surface area contributed by atoms with Gasteiger partial charge >= 0.3 is 5.97 Å². The molecule has 0 aliphatic heterocycles. The number of aryl methyl sites for hydroxylation is 1. The van der Waals surface area contributed by atoms with E-state index in [0.717, 1.165) is 0 Å². The Balaban J connectivity index is 2.85. The van der Waals surface area contributed by atoms with Gasteiger partial charge in [0.2, 0.25) is 0 Å². The second-order valence-electron chi connectivity index (χ2n) is 3.37. The molecule has 4 heteroatoms. The van der Waals surface area contributed by atoms with Gasteiger partial charge in [-0.3, -0.25) is 9.59 Å². The van der Waals surface area contributed by atoms with Crippen molar-refractivity contribution in [3.05, 3.63) is 29.3 Å². The third-order valence-electron chi connectivity index (χ3n) is 2.14. The van der Waals surface area contributed by atoms with Crippen LogP contribution in [0, 0.1) is 6.92 Å². The molecule has 0 atom stereocenters. The summed E-state index contributed by atoms with van der Waals surface area (Å²) >= 11 is 0. The predicted molar refractivity (Wildman–Crippen MR) is 58.4 cm³/mol. The van der Waals surface area contributed by atoms with Crippen molar-refractivity contribution in [1.29, 1.82) is 0 Å². The van der Waals surface area contributed by atoms with Gasteiger partial charge in [0.1, 0.15) is 12.2 Å². The number of rotatable bonds is 4. The van der Waals surface area contributed by atoms with E-state index < -0.39 is 11.8 Å². The van der Waals surface area contributed by atoms with Gasteiger partial charge in [-0.25, -0.2) is 0 Å². The number of benzene rings is 1. The van der Waals surface area contributed by atoms with Gasteiger partial charge < -0.3 is 9.84 Å². The lowest BCUT2D eigenvalue weighted by atomic mass is 10.0. The molecule has 0 aliphatic rings. The molecule has 0 amide bonds. The zero-order valence-electron chi connectivity index (χ0n) is 9.32. The van der Waals surface area contributed by atoms with Gasteiger partial charge in [0, 0.05) is 0 Å². The van der Waals surface area contributed by atoms with Crippen LogP contribution in [0.25, 0.3) is 0 Å². The summed E-state index contributed by atoms with van der Waals surface area (Å²) < 4.78 is 4.67. The summed E-state index contributed by atoms with van der Waals surface area (Å²) in [6, 6.07) is 4.77. The zero-order chi connectivity index (χ0) is 12.1. The minimum atomic E-state index is -0.574. The van der Waals surface area contributed by atoms with E-state index in [1.165, 1.54) is 6.07 Å². The Morgan fingerprint density at radius 2 is 2.06 bits per heavy atom. The summed E-state index contributed by atoms with van der Waals surface area (Å²) in [5, 5.41) is 9.53. The van der Waals surface area contributed by atoms with E-state index in [2.05, 4.69) is 4.74 Å². The number of carbonyl (C=O) groups is 2. The van der Waals surface area contributed by atoms with Crippen molar-refractivity contribution < 1.29 is 19.4 Å². The maximum absolute atomic E-state index is 11.7. The number of esters is 1. The number of aromatic hydroxyl groups is 1. The molecule has 1 aromatic rings. The Kier molecular flexibility index (Phi) is 4.05. The molecule has 0 unspecified atom stereocenters. The highest BCUT2D eigenvalue weighted by atomic mass is 16.5. The van der Waals surface area contributed by atoms with Crippen LogP contribution in [0.5, 0.6) is 5.75 Å². The Labute approximate surface area is 93.9 Å². The molecule has 1 rings (SSSR count). The highest BCUT2D eigenvalue weighted by Gasteiger charge is 2.17. The third kappa shape index (κ3) is 2.82. The quantitative estimate of drug-likeness (QED) is 0.479. The Morgan fingerprint density at radius 1 is 1.38 bits per heavy atom. The molecular formula is C12H14O4. The van der Waals surface area contributed by atoms with Gasteiger partial charge in [0.15, 0.2) is 5.78 Å². The lowest BCUT2D eigenvalue weighted by Crippen LogP contribution is -2.12. The summed E-state index contributed by atoms with van der Waals surface area (Å²) in [6.07, 6.45) is -0.341. The molecule has 0 fully saturated rings. The van der Waals surface area contributed by atoms with Crippen LogP contribution in [-0.4, -0.2) is 23.5 Å². The van der Waals surface area contributed by atoms with E-state index in [1.807, 2.05) is 0 Å². The molecule has 4 nitrogen and oxygen atoms in total. The minimum absolute atomic E-state index is 0.103. The summed E-state index contributed by atoms with van der Waals surface area (Å²) in [7, 11) is 0. The Bertz CT molecular complexity index is 389. The Morgan fingerprint density at radius 3 is 2.62 bits per heavy atom. The number of Topliss-reactive ketones (excluding diaryl/α,β-unsaturated/α-hetero) is 1. The van der Waals surface area contributed by atoms with Crippen molar-refractivity contribution in [2.45, 2.75) is 20.3 Å². The van der Waals surface area contributed by atoms with E-state index >= 15 is 0 Å². The lowest BCUT2D eigenvalue weighted by molar-refractivity contribution is -0.141. The van der Waals surface area contributed by atoms with Crippen LogP contribution < -0.4 is 0 Å². The maximum atomic E-state index is 11.7. The van der Waals surface area contributed by atoms with Crippen LogP contribution in [0.3, 0.4) is 0 Å². The SMILES string of the molecule is CCOC(=O)CC(=O)c1c(C)cccc1O. The van der Waals surface area contributed by atoms with Crippen molar-refractivity contribution in [3.8, 4) is 5.75 Å². The van der Waals surface area contributed by atoms with Gasteiger partial charge in [-0.05, 0) is 25.5 Å². The smallest absolute Gasteiger partial charge is 0.313 e. The van der Waals surface area contributed by atoms with Crippen LogP contribution in [0.2, 0.25) is 0 Å². The largest absolute Gasteiger partial charge is 0.507 e. The molecule has 1 N–H and O–H groups in total. The molecule has 0 aliphatic carbocycles. The van der Waals surface area contributed by atoms with E-state index in [1.54, 1.807) is 26.0 Å². The molecule has 0 saturated carbocycles. The standard InChI is InChI=1S/C12H14O4/c1-3-16-11(15)7-10(14)12-8(2)5-4-6-9(12)13/h4-6,13H,3,7H2,1-2H3. The van der Waals surface area contributed by atoms with Crippen molar-refractivity contribution in [2.24, 2.45) is 0 Å². The Hall–Kier alpha value is -1.84. The summed E-state index contributed by atoms with van der Waals surface area (Å²) in [5.41, 5.74) is 0.838. The first-order valence-corrected chi connectivity index (χ1v) is 5.03. The minimum Gasteiger partial charge on any atom is -0.507 e. The topological polar surface area (TPSA) is 63.6 Å². The number of ether oxygens (including phenoxy) is 1. The van der Waals surface area contributed by atoms with Crippen LogP contribution >= 0.6 is 0 Å². The van der Waals surface area contributed by atoms with E-state index in [9.17, 15) is 14.7 Å². The fraction of sp³-hybridized carbons (Fsp3) is 0.333. The summed E-state index contributed by atoms with van der Waals surface area (Å²) in [5.74, 6) is -1.10.